The summed E-state index contributed by atoms with van der Waals surface area (Å²) in [6.45, 7) is 4.45. The Balaban J connectivity index is 3.70. The zero-order chi connectivity index (χ0) is 11.1. The van der Waals surface area contributed by atoms with Crippen molar-refractivity contribution in [2.24, 2.45) is 5.92 Å². The molecule has 0 aliphatic rings. The van der Waals surface area contributed by atoms with Crippen LogP contribution in [0.1, 0.15) is 13.8 Å². The minimum absolute atomic E-state index is 0.389. The second kappa shape index (κ2) is 6.56. The van der Waals surface area contributed by atoms with Gasteiger partial charge in [-0.3, -0.25) is 4.84 Å². The third kappa shape index (κ3) is 6.62. The van der Waals surface area contributed by atoms with E-state index in [0.29, 0.717) is 11.0 Å². The summed E-state index contributed by atoms with van der Waals surface area (Å²) >= 11 is 4.94. The zero-order valence-corrected chi connectivity index (χ0v) is 9.43. The van der Waals surface area contributed by atoms with Crippen LogP contribution in [0.15, 0.2) is 0 Å². The van der Waals surface area contributed by atoms with Crippen molar-refractivity contribution in [1.82, 2.24) is 10.4 Å². The fraction of sp³-hybridized carbons (Fsp3) is 0.750. The van der Waals surface area contributed by atoms with Crippen molar-refractivity contribution in [3.63, 3.8) is 0 Å². The second-order valence-corrected chi connectivity index (χ2v) is 3.63. The van der Waals surface area contributed by atoms with Gasteiger partial charge in [0, 0.05) is 13.6 Å². The Hall–Kier alpha value is -0.880. The van der Waals surface area contributed by atoms with Gasteiger partial charge >= 0.3 is 5.97 Å². The first-order valence-electron chi connectivity index (χ1n) is 4.29. The highest BCUT2D eigenvalue weighted by atomic mass is 32.1. The maximum absolute atomic E-state index is 10.2. The lowest BCUT2D eigenvalue weighted by molar-refractivity contribution is -0.156. The molecule has 2 N–H and O–H groups in total. The van der Waals surface area contributed by atoms with Crippen molar-refractivity contribution in [3.05, 3.63) is 0 Å². The lowest BCUT2D eigenvalue weighted by Gasteiger charge is -2.20. The van der Waals surface area contributed by atoms with Crippen LogP contribution in [0.2, 0.25) is 0 Å². The Labute approximate surface area is 89.0 Å². The van der Waals surface area contributed by atoms with Gasteiger partial charge in [-0.1, -0.05) is 13.8 Å². The molecular weight excluding hydrogens is 204 g/mol. The smallest absolute Gasteiger partial charge is 0.332 e. The average molecular weight is 220 g/mol. The van der Waals surface area contributed by atoms with Crippen LogP contribution in [0.4, 0.5) is 0 Å². The average Bonchev–Trinajstić information content (AvgIpc) is 2.09. The fourth-order valence-electron chi connectivity index (χ4n) is 0.613. The Bertz CT molecular complexity index is 209. The van der Waals surface area contributed by atoms with E-state index < -0.39 is 5.97 Å². The quantitative estimate of drug-likeness (QED) is 0.518. The molecule has 82 valence electrons. The highest BCUT2D eigenvalue weighted by Gasteiger charge is 2.06. The van der Waals surface area contributed by atoms with Gasteiger partial charge in [-0.05, 0) is 18.1 Å². The van der Waals surface area contributed by atoms with E-state index >= 15 is 0 Å². The Kier molecular flexibility index (Phi) is 6.14. The normalized spacial score (nSPS) is 10.0. The fourth-order valence-corrected chi connectivity index (χ4v) is 0.749. The molecule has 0 bridgehead atoms. The van der Waals surface area contributed by atoms with E-state index in [9.17, 15) is 4.79 Å². The van der Waals surface area contributed by atoms with E-state index in [4.69, 9.17) is 22.2 Å². The van der Waals surface area contributed by atoms with Crippen LogP contribution in [0.25, 0.3) is 0 Å². The number of rotatable bonds is 5. The van der Waals surface area contributed by atoms with Gasteiger partial charge in [-0.25, -0.2) is 9.86 Å². The van der Waals surface area contributed by atoms with Crippen LogP contribution in [0.5, 0.6) is 0 Å². The number of hydroxylamine groups is 2. The van der Waals surface area contributed by atoms with Crippen molar-refractivity contribution >= 4 is 23.3 Å². The first kappa shape index (κ1) is 13.1. The third-order valence-corrected chi connectivity index (χ3v) is 1.73. The molecule has 0 saturated heterocycles. The number of nitrogens with zero attached hydrogens (tertiary/aromatic N) is 1. The Morgan fingerprint density at radius 2 is 2.21 bits per heavy atom. The van der Waals surface area contributed by atoms with Crippen LogP contribution in [-0.2, 0) is 9.63 Å². The summed E-state index contributed by atoms with van der Waals surface area (Å²) in [4.78, 5) is 15.0. The lowest BCUT2D eigenvalue weighted by Crippen LogP contribution is -2.39. The zero-order valence-electron chi connectivity index (χ0n) is 8.61. The second-order valence-electron chi connectivity index (χ2n) is 3.24. The van der Waals surface area contributed by atoms with E-state index in [1.54, 1.807) is 7.05 Å². The van der Waals surface area contributed by atoms with Gasteiger partial charge in [0.25, 0.3) is 0 Å². The first-order valence-corrected chi connectivity index (χ1v) is 4.70. The van der Waals surface area contributed by atoms with Crippen LogP contribution < -0.4 is 5.32 Å². The predicted octanol–water partition coefficient (Wildman–Crippen LogP) is 0.465. The Morgan fingerprint density at radius 3 is 2.64 bits per heavy atom. The van der Waals surface area contributed by atoms with Gasteiger partial charge in [-0.2, -0.15) is 0 Å². The molecule has 0 aliphatic carbocycles. The van der Waals surface area contributed by atoms with Crippen molar-refractivity contribution in [3.8, 4) is 0 Å². The molecule has 6 heteroatoms. The monoisotopic (exact) mass is 220 g/mol. The van der Waals surface area contributed by atoms with E-state index in [1.807, 2.05) is 13.8 Å². The summed E-state index contributed by atoms with van der Waals surface area (Å²) in [5.41, 5.74) is 0. The highest BCUT2D eigenvalue weighted by molar-refractivity contribution is 7.80. The molecule has 0 spiro atoms. The number of hydrogen-bond acceptors (Lipinski definition) is 3. The maximum atomic E-state index is 10.2. The first-order chi connectivity index (χ1) is 6.43. The SMILES string of the molecule is CC(C)CNC(=S)N(C)OCC(=O)O. The van der Waals surface area contributed by atoms with E-state index in [-0.39, 0.29) is 6.61 Å². The summed E-state index contributed by atoms with van der Waals surface area (Å²) < 4.78 is 0. The molecule has 5 nitrogen and oxygen atoms in total. The van der Waals surface area contributed by atoms with Crippen molar-refractivity contribution in [1.29, 1.82) is 0 Å². The molecule has 0 fully saturated rings. The number of nitrogens with one attached hydrogen (secondary N) is 1. The van der Waals surface area contributed by atoms with Gasteiger partial charge in [0.15, 0.2) is 11.7 Å². The largest absolute Gasteiger partial charge is 0.479 e. The molecule has 0 atom stereocenters. The number of carbonyl (C=O) groups is 1. The van der Waals surface area contributed by atoms with Gasteiger partial charge < -0.3 is 10.4 Å². The summed E-state index contributed by atoms with van der Waals surface area (Å²) in [6.07, 6.45) is 0. The molecule has 0 saturated carbocycles. The Morgan fingerprint density at radius 1 is 1.64 bits per heavy atom. The minimum atomic E-state index is -1.02. The van der Waals surface area contributed by atoms with Crippen molar-refractivity contribution in [2.45, 2.75) is 13.8 Å². The topological polar surface area (TPSA) is 61.8 Å². The minimum Gasteiger partial charge on any atom is -0.479 e. The van der Waals surface area contributed by atoms with Crippen LogP contribution in [0, 0.1) is 5.92 Å². The standard InChI is InChI=1S/C8H16N2O3S/c1-6(2)4-9-8(14)10(3)13-5-7(11)12/h6H,4-5H2,1-3H3,(H,9,14)(H,11,12). The molecular formula is C8H16N2O3S. The van der Waals surface area contributed by atoms with Crippen LogP contribution in [-0.4, -0.2) is 41.5 Å². The lowest BCUT2D eigenvalue weighted by atomic mass is 10.2. The van der Waals surface area contributed by atoms with Gasteiger partial charge in [-0.15, -0.1) is 0 Å². The molecule has 0 amide bonds. The van der Waals surface area contributed by atoms with Crippen LogP contribution in [0.3, 0.4) is 0 Å². The number of thiocarbonyl (C=S) groups is 1. The van der Waals surface area contributed by atoms with Crippen LogP contribution >= 0.6 is 12.2 Å². The number of carboxylic acids is 1. The number of aliphatic carboxylic acids is 1. The van der Waals surface area contributed by atoms with E-state index in [2.05, 4.69) is 5.32 Å². The number of carboxylic acid groups (broad SMARTS) is 1. The van der Waals surface area contributed by atoms with Crippen molar-refractivity contribution in [2.75, 3.05) is 20.2 Å². The van der Waals surface area contributed by atoms with E-state index in [1.165, 1.54) is 5.06 Å². The predicted molar refractivity (Wildman–Crippen MR) is 56.8 cm³/mol. The van der Waals surface area contributed by atoms with Gasteiger partial charge in [0.1, 0.15) is 0 Å². The molecule has 0 radical (unpaired) electrons. The molecule has 0 aromatic carbocycles. The number of hydrogen-bond donors (Lipinski definition) is 2. The maximum Gasteiger partial charge on any atom is 0.332 e. The summed E-state index contributed by atoms with van der Waals surface area (Å²) in [5, 5.41) is 12.9. The molecule has 0 rings (SSSR count). The highest BCUT2D eigenvalue weighted by Crippen LogP contribution is 1.91. The van der Waals surface area contributed by atoms with E-state index in [0.717, 1.165) is 6.54 Å². The molecule has 14 heavy (non-hydrogen) atoms. The summed E-state index contributed by atoms with van der Waals surface area (Å²) in [7, 11) is 1.57. The third-order valence-electron chi connectivity index (χ3n) is 1.33. The molecule has 0 unspecified atom stereocenters. The molecule has 0 aromatic heterocycles. The molecule has 0 heterocycles. The summed E-state index contributed by atoms with van der Waals surface area (Å²) in [6, 6.07) is 0. The summed E-state index contributed by atoms with van der Waals surface area (Å²) in [5.74, 6) is -0.552. The molecule has 0 aromatic rings. The van der Waals surface area contributed by atoms with Gasteiger partial charge in [0.2, 0.25) is 0 Å². The van der Waals surface area contributed by atoms with Gasteiger partial charge in [0.05, 0.1) is 0 Å². The molecule has 0 aliphatic heterocycles. The van der Waals surface area contributed by atoms with Crippen molar-refractivity contribution < 1.29 is 14.7 Å².